The van der Waals surface area contributed by atoms with E-state index in [1.54, 1.807) is 18.2 Å². The van der Waals surface area contributed by atoms with Crippen LogP contribution in [0.4, 0.5) is 13.2 Å². The van der Waals surface area contributed by atoms with Gasteiger partial charge < -0.3 is 10.0 Å². The zero-order valence-electron chi connectivity index (χ0n) is 18.9. The standard InChI is InChI=1S/C25H19F3N4O3S/c1-14(25(26,27)28)30-13-32(31-9-8-19(33)23(34)22(31)24(30)35)21-17-7-6-15(11-29)10-16(17)12-36-20-5-3-2-4-18(20)21/h2-10,14,21,34H,12-13H2,1H3/t14-,21+/m1/s1. The van der Waals surface area contributed by atoms with E-state index < -0.39 is 47.7 Å². The second-order valence-corrected chi connectivity index (χ2v) is 9.57. The molecule has 2 aliphatic heterocycles. The quantitative estimate of drug-likeness (QED) is 0.556. The van der Waals surface area contributed by atoms with Gasteiger partial charge in [0, 0.05) is 22.9 Å². The van der Waals surface area contributed by atoms with Crippen molar-refractivity contribution >= 4 is 17.7 Å². The summed E-state index contributed by atoms with van der Waals surface area (Å²) in [5.74, 6) is -1.48. The fourth-order valence-corrected chi connectivity index (χ4v) is 5.67. The number of rotatable bonds is 2. The van der Waals surface area contributed by atoms with Crippen LogP contribution in [-0.4, -0.2) is 39.5 Å². The number of fused-ring (bicyclic) bond motifs is 3. The van der Waals surface area contributed by atoms with Gasteiger partial charge in [-0.2, -0.15) is 18.4 Å². The lowest BCUT2D eigenvalue weighted by Crippen LogP contribution is -2.60. The highest BCUT2D eigenvalue weighted by Crippen LogP contribution is 2.43. The van der Waals surface area contributed by atoms with Crippen LogP contribution in [0.3, 0.4) is 0 Å². The summed E-state index contributed by atoms with van der Waals surface area (Å²) in [6.45, 7) is 0.409. The van der Waals surface area contributed by atoms with Gasteiger partial charge in [-0.05, 0) is 41.8 Å². The Morgan fingerprint density at radius 1 is 1.14 bits per heavy atom. The minimum Gasteiger partial charge on any atom is -0.502 e. The fourth-order valence-electron chi connectivity index (χ4n) is 4.58. The molecule has 0 saturated heterocycles. The first-order chi connectivity index (χ1) is 17.1. The average Bonchev–Trinajstić information content (AvgIpc) is 3.02. The summed E-state index contributed by atoms with van der Waals surface area (Å²) in [4.78, 5) is 26.9. The van der Waals surface area contributed by atoms with Gasteiger partial charge in [0.1, 0.15) is 12.7 Å². The maximum absolute atomic E-state index is 13.8. The number of nitriles is 1. The van der Waals surface area contributed by atoms with E-state index in [2.05, 4.69) is 6.07 Å². The number of aromatic nitrogens is 1. The topological polar surface area (TPSA) is 89.6 Å². The molecule has 0 radical (unpaired) electrons. The SMILES string of the molecule is C[C@@H](N1CN([C@H]2c3ccc(C#N)cc3CSc3ccccc32)n2ccc(=O)c(O)c2C1=O)C(F)(F)F. The number of carbonyl (C=O) groups is 1. The van der Waals surface area contributed by atoms with Crippen LogP contribution in [0.2, 0.25) is 0 Å². The van der Waals surface area contributed by atoms with Gasteiger partial charge in [-0.25, -0.2) is 0 Å². The van der Waals surface area contributed by atoms with Gasteiger partial charge in [0.05, 0.1) is 17.7 Å². The molecule has 0 bridgehead atoms. The lowest BCUT2D eigenvalue weighted by molar-refractivity contribution is -0.173. The smallest absolute Gasteiger partial charge is 0.408 e. The van der Waals surface area contributed by atoms with Gasteiger partial charge >= 0.3 is 6.18 Å². The summed E-state index contributed by atoms with van der Waals surface area (Å²) in [6, 6.07) is 12.9. The molecular formula is C25H19F3N4O3S. The predicted octanol–water partition coefficient (Wildman–Crippen LogP) is 4.12. The summed E-state index contributed by atoms with van der Waals surface area (Å²) in [7, 11) is 0. The molecule has 2 atom stereocenters. The van der Waals surface area contributed by atoms with Gasteiger partial charge in [0.15, 0.2) is 11.4 Å². The second kappa shape index (κ2) is 8.64. The zero-order chi connectivity index (χ0) is 25.8. The van der Waals surface area contributed by atoms with E-state index in [1.807, 2.05) is 24.3 Å². The number of amides is 1. The van der Waals surface area contributed by atoms with Gasteiger partial charge in [-0.1, -0.05) is 24.3 Å². The van der Waals surface area contributed by atoms with Crippen LogP contribution in [-0.2, 0) is 5.75 Å². The van der Waals surface area contributed by atoms with Crippen molar-refractivity contribution < 1.29 is 23.1 Å². The average molecular weight is 513 g/mol. The Bertz CT molecular complexity index is 1480. The van der Waals surface area contributed by atoms with E-state index >= 15 is 0 Å². The highest BCUT2D eigenvalue weighted by atomic mass is 32.2. The normalized spacial score (nSPS) is 18.0. The van der Waals surface area contributed by atoms with Crippen molar-refractivity contribution in [2.75, 3.05) is 11.7 Å². The van der Waals surface area contributed by atoms with Crippen molar-refractivity contribution in [3.05, 3.63) is 92.9 Å². The largest absolute Gasteiger partial charge is 0.502 e. The molecule has 0 aliphatic carbocycles. The number of carbonyl (C=O) groups excluding carboxylic acids is 1. The minimum atomic E-state index is -4.73. The molecule has 2 aliphatic rings. The van der Waals surface area contributed by atoms with Crippen LogP contribution in [0.1, 0.15) is 45.7 Å². The van der Waals surface area contributed by atoms with E-state index in [-0.39, 0.29) is 0 Å². The van der Waals surface area contributed by atoms with E-state index in [0.29, 0.717) is 16.2 Å². The molecule has 3 heterocycles. The van der Waals surface area contributed by atoms with E-state index in [1.165, 1.54) is 27.6 Å². The third-order valence-electron chi connectivity index (χ3n) is 6.49. The Hall–Kier alpha value is -3.91. The van der Waals surface area contributed by atoms with Gasteiger partial charge in [-0.3, -0.25) is 19.3 Å². The zero-order valence-corrected chi connectivity index (χ0v) is 19.7. The number of nitrogens with zero attached hydrogens (tertiary/aromatic N) is 4. The van der Waals surface area contributed by atoms with Crippen molar-refractivity contribution in [2.45, 2.75) is 35.8 Å². The number of halogens is 3. The van der Waals surface area contributed by atoms with Gasteiger partial charge in [0.2, 0.25) is 5.43 Å². The maximum Gasteiger partial charge on any atom is 0.408 e. The lowest BCUT2D eigenvalue weighted by atomic mass is 9.93. The Morgan fingerprint density at radius 2 is 1.89 bits per heavy atom. The molecule has 3 aromatic rings. The summed E-state index contributed by atoms with van der Waals surface area (Å²) in [5.41, 5.74) is 1.39. The van der Waals surface area contributed by atoms with E-state index in [4.69, 9.17) is 0 Å². The molecule has 0 saturated carbocycles. The Kier molecular flexibility index (Phi) is 5.71. The van der Waals surface area contributed by atoms with E-state index in [9.17, 15) is 33.1 Å². The first kappa shape index (κ1) is 23.8. The second-order valence-electron chi connectivity index (χ2n) is 8.55. The predicted molar refractivity (Wildman–Crippen MR) is 126 cm³/mol. The summed E-state index contributed by atoms with van der Waals surface area (Å²) < 4.78 is 42.6. The highest BCUT2D eigenvalue weighted by Gasteiger charge is 2.47. The molecule has 1 amide bonds. The number of benzene rings is 2. The first-order valence-corrected chi connectivity index (χ1v) is 11.9. The van der Waals surface area contributed by atoms with Crippen molar-refractivity contribution in [2.24, 2.45) is 0 Å². The Balaban J connectivity index is 1.78. The molecule has 2 aromatic carbocycles. The molecule has 0 fully saturated rings. The molecule has 184 valence electrons. The first-order valence-electron chi connectivity index (χ1n) is 11.0. The van der Waals surface area contributed by atoms with Crippen LogP contribution >= 0.6 is 11.8 Å². The molecule has 36 heavy (non-hydrogen) atoms. The maximum atomic E-state index is 13.8. The molecule has 5 rings (SSSR count). The summed E-state index contributed by atoms with van der Waals surface area (Å²) >= 11 is 1.53. The molecule has 0 spiro atoms. The van der Waals surface area contributed by atoms with E-state index in [0.717, 1.165) is 34.6 Å². The molecule has 11 heteroatoms. The number of aromatic hydroxyl groups is 1. The number of hydrogen-bond donors (Lipinski definition) is 1. The van der Waals surface area contributed by atoms with Crippen LogP contribution in [0.25, 0.3) is 0 Å². The van der Waals surface area contributed by atoms with Crippen molar-refractivity contribution in [3.63, 3.8) is 0 Å². The van der Waals surface area contributed by atoms with Gasteiger partial charge in [-0.15, -0.1) is 11.8 Å². The van der Waals surface area contributed by atoms with Crippen molar-refractivity contribution in [3.8, 4) is 11.8 Å². The van der Waals surface area contributed by atoms with Crippen LogP contribution in [0, 0.1) is 11.3 Å². The number of alkyl halides is 3. The van der Waals surface area contributed by atoms with Gasteiger partial charge in [0.25, 0.3) is 5.91 Å². The molecule has 0 unspecified atom stereocenters. The summed E-state index contributed by atoms with van der Waals surface area (Å²) in [6.07, 6.45) is -3.44. The third kappa shape index (κ3) is 3.78. The third-order valence-corrected chi connectivity index (χ3v) is 7.63. The van der Waals surface area contributed by atoms with Crippen LogP contribution < -0.4 is 10.4 Å². The van der Waals surface area contributed by atoms with Crippen LogP contribution in [0.15, 0.2) is 64.4 Å². The van der Waals surface area contributed by atoms with Crippen molar-refractivity contribution in [1.29, 1.82) is 5.26 Å². The molecule has 1 aromatic heterocycles. The molecule has 1 N–H and O–H groups in total. The number of hydrogen-bond acceptors (Lipinski definition) is 6. The number of pyridine rings is 1. The summed E-state index contributed by atoms with van der Waals surface area (Å²) in [5, 5.41) is 21.5. The van der Waals surface area contributed by atoms with Crippen LogP contribution in [0.5, 0.6) is 5.75 Å². The Morgan fingerprint density at radius 3 is 2.61 bits per heavy atom. The fraction of sp³-hybridized carbons (Fsp3) is 0.240. The molecule has 7 nitrogen and oxygen atoms in total. The van der Waals surface area contributed by atoms with Crippen molar-refractivity contribution in [1.82, 2.24) is 9.58 Å². The Labute approximate surface area is 208 Å². The minimum absolute atomic E-state index is 0.446. The number of thioether (sulfide) groups is 1. The lowest BCUT2D eigenvalue weighted by Gasteiger charge is -2.46. The highest BCUT2D eigenvalue weighted by molar-refractivity contribution is 7.98. The molecular weight excluding hydrogens is 493 g/mol. The monoisotopic (exact) mass is 512 g/mol.